The van der Waals surface area contributed by atoms with E-state index in [0.29, 0.717) is 30.4 Å². The summed E-state index contributed by atoms with van der Waals surface area (Å²) in [4.78, 5) is 18.7. The summed E-state index contributed by atoms with van der Waals surface area (Å²) in [6.45, 7) is 8.74. The zero-order valence-corrected chi connectivity index (χ0v) is 16.4. The molecule has 26 heavy (non-hydrogen) atoms. The van der Waals surface area contributed by atoms with Crippen LogP contribution in [0.2, 0.25) is 0 Å². The fourth-order valence-electron chi connectivity index (χ4n) is 3.44. The number of rotatable bonds is 4. The van der Waals surface area contributed by atoms with E-state index in [1.807, 2.05) is 4.90 Å². The Balaban J connectivity index is 1.63. The van der Waals surface area contributed by atoms with Crippen molar-refractivity contribution >= 4 is 21.8 Å². The molecule has 1 fully saturated rings. The minimum absolute atomic E-state index is 0.00109. The van der Waals surface area contributed by atoms with E-state index in [1.165, 1.54) is 0 Å². The van der Waals surface area contributed by atoms with Gasteiger partial charge in [-0.25, -0.2) is 0 Å². The average molecular weight is 378 g/mol. The minimum Gasteiger partial charge on any atom is -0.349 e. The second-order valence-corrected chi connectivity index (χ2v) is 8.89. The number of hydrogen-bond donors (Lipinski definition) is 0. The van der Waals surface area contributed by atoms with Gasteiger partial charge in [0.1, 0.15) is 4.90 Å². The number of carbonyl (C=O) groups is 1. The van der Waals surface area contributed by atoms with Gasteiger partial charge in [0.25, 0.3) is 10.0 Å². The largest absolute Gasteiger partial charge is 0.349 e. The Hall–Kier alpha value is -1.93. The van der Waals surface area contributed by atoms with Crippen molar-refractivity contribution in [2.24, 2.45) is 10.3 Å². The lowest BCUT2D eigenvalue weighted by Gasteiger charge is -2.36. The zero-order valence-electron chi connectivity index (χ0n) is 15.6. The Morgan fingerprint density at radius 2 is 1.85 bits per heavy atom. The van der Waals surface area contributed by atoms with Gasteiger partial charge in [0.15, 0.2) is 5.84 Å². The molecule has 0 N–H and O–H groups in total. The van der Waals surface area contributed by atoms with Crippen molar-refractivity contribution < 1.29 is 13.2 Å². The molecule has 3 rings (SSSR count). The average Bonchev–Trinajstić information content (AvgIpc) is 2.87. The highest BCUT2D eigenvalue weighted by Crippen LogP contribution is 2.26. The van der Waals surface area contributed by atoms with E-state index < -0.39 is 10.0 Å². The first-order valence-electron chi connectivity index (χ1n) is 8.93. The second kappa shape index (κ2) is 7.36. The molecule has 2 aliphatic heterocycles. The van der Waals surface area contributed by atoms with Crippen molar-refractivity contribution in [3.05, 3.63) is 29.8 Å². The van der Waals surface area contributed by atoms with E-state index in [1.54, 1.807) is 36.2 Å². The monoisotopic (exact) mass is 378 g/mol. The number of amidine groups is 1. The molecule has 1 aromatic rings. The van der Waals surface area contributed by atoms with Crippen LogP contribution in [0.1, 0.15) is 19.4 Å². The molecule has 0 radical (unpaired) electrons. The van der Waals surface area contributed by atoms with Gasteiger partial charge in [-0.15, -0.1) is 4.40 Å². The maximum Gasteiger partial charge on any atom is 0.285 e. The molecule has 0 aromatic heterocycles. The number of carbonyl (C=O) groups excluding carboxylic acids is 1. The predicted molar refractivity (Wildman–Crippen MR) is 101 cm³/mol. The van der Waals surface area contributed by atoms with Crippen LogP contribution in [0, 0.1) is 5.92 Å². The Kier molecular flexibility index (Phi) is 5.34. The van der Waals surface area contributed by atoms with E-state index in [2.05, 4.69) is 23.1 Å². The number of likely N-dealkylation sites (N-methyl/N-ethyl adjacent to an activating group) is 1. The molecule has 2 heterocycles. The third kappa shape index (κ3) is 3.91. The normalized spacial score (nSPS) is 19.4. The van der Waals surface area contributed by atoms with Crippen LogP contribution in [0.3, 0.4) is 0 Å². The van der Waals surface area contributed by atoms with Crippen LogP contribution >= 0.6 is 0 Å². The number of piperazine rings is 1. The molecule has 142 valence electrons. The molecule has 0 bridgehead atoms. The molecule has 7 nitrogen and oxygen atoms in total. The van der Waals surface area contributed by atoms with Crippen LogP contribution < -0.4 is 0 Å². The summed E-state index contributed by atoms with van der Waals surface area (Å²) in [7, 11) is -1.95. The van der Waals surface area contributed by atoms with Gasteiger partial charge in [-0.1, -0.05) is 26.0 Å². The Labute approximate surface area is 155 Å². The van der Waals surface area contributed by atoms with E-state index in [9.17, 15) is 13.2 Å². The Morgan fingerprint density at radius 1 is 1.19 bits per heavy atom. The van der Waals surface area contributed by atoms with Gasteiger partial charge in [-0.05, 0) is 18.1 Å². The lowest BCUT2D eigenvalue weighted by molar-refractivity contribution is -0.133. The van der Waals surface area contributed by atoms with Crippen molar-refractivity contribution in [3.63, 3.8) is 0 Å². The number of nitrogens with zero attached hydrogens (tertiary/aromatic N) is 4. The summed E-state index contributed by atoms with van der Waals surface area (Å²) in [5.41, 5.74) is 0.560. The van der Waals surface area contributed by atoms with Gasteiger partial charge in [-0.2, -0.15) is 8.42 Å². The van der Waals surface area contributed by atoms with E-state index >= 15 is 0 Å². The summed E-state index contributed by atoms with van der Waals surface area (Å²) in [6.07, 6.45) is 0. The fraction of sp³-hybridized carbons (Fsp3) is 0.556. The summed E-state index contributed by atoms with van der Waals surface area (Å²) >= 11 is 0. The van der Waals surface area contributed by atoms with Crippen LogP contribution in [0.5, 0.6) is 0 Å². The van der Waals surface area contributed by atoms with Crippen molar-refractivity contribution in [2.75, 3.05) is 46.3 Å². The summed E-state index contributed by atoms with van der Waals surface area (Å²) < 4.78 is 28.2. The van der Waals surface area contributed by atoms with E-state index in [-0.39, 0.29) is 17.3 Å². The SMILES string of the molecule is CC(C)CN1CCN(C(=O)CN(C)C2=NS(=O)(=O)c3ccccc32)CC1. The number of fused-ring (bicyclic) bond motifs is 1. The Morgan fingerprint density at radius 3 is 2.50 bits per heavy atom. The van der Waals surface area contributed by atoms with Gasteiger partial charge < -0.3 is 9.80 Å². The predicted octanol–water partition coefficient (Wildman–Crippen LogP) is 0.868. The molecule has 1 amide bonds. The first kappa shape index (κ1) is 18.8. The van der Waals surface area contributed by atoms with Crippen LogP contribution in [0.4, 0.5) is 0 Å². The summed E-state index contributed by atoms with van der Waals surface area (Å²) in [6, 6.07) is 6.73. The molecule has 8 heteroatoms. The number of benzene rings is 1. The first-order valence-corrected chi connectivity index (χ1v) is 10.4. The van der Waals surface area contributed by atoms with Gasteiger partial charge in [-0.3, -0.25) is 9.69 Å². The highest BCUT2D eigenvalue weighted by atomic mass is 32.2. The highest BCUT2D eigenvalue weighted by molar-refractivity contribution is 7.90. The lowest BCUT2D eigenvalue weighted by Crippen LogP contribution is -2.51. The third-order valence-corrected chi connectivity index (χ3v) is 6.02. The standard InChI is InChI=1S/C18H26N4O3S/c1-14(2)12-21-8-10-22(11-9-21)17(23)13-20(3)18-15-6-4-5-7-16(15)26(24,25)19-18/h4-7,14H,8-13H2,1-3H3. The fourth-order valence-corrected chi connectivity index (χ4v) is 4.69. The first-order chi connectivity index (χ1) is 12.3. The lowest BCUT2D eigenvalue weighted by atomic mass is 10.2. The topological polar surface area (TPSA) is 73.3 Å². The third-order valence-electron chi connectivity index (χ3n) is 4.69. The Bertz CT molecular complexity index is 811. The quantitative estimate of drug-likeness (QED) is 0.777. The molecular weight excluding hydrogens is 352 g/mol. The molecule has 0 atom stereocenters. The van der Waals surface area contributed by atoms with E-state index in [0.717, 1.165) is 19.6 Å². The number of sulfonamides is 1. The van der Waals surface area contributed by atoms with Gasteiger partial charge >= 0.3 is 0 Å². The molecule has 0 spiro atoms. The van der Waals surface area contributed by atoms with Crippen LogP contribution in [0.15, 0.2) is 33.6 Å². The maximum atomic E-state index is 12.6. The molecule has 1 saturated heterocycles. The van der Waals surface area contributed by atoms with Gasteiger partial charge in [0.2, 0.25) is 5.91 Å². The number of amides is 1. The summed E-state index contributed by atoms with van der Waals surface area (Å²) in [5, 5.41) is 0. The molecule has 0 unspecified atom stereocenters. The zero-order chi connectivity index (χ0) is 18.9. The smallest absolute Gasteiger partial charge is 0.285 e. The van der Waals surface area contributed by atoms with Crippen LogP contribution in [-0.2, 0) is 14.8 Å². The number of hydrogen-bond acceptors (Lipinski definition) is 5. The van der Waals surface area contributed by atoms with Crippen LogP contribution in [0.25, 0.3) is 0 Å². The van der Waals surface area contributed by atoms with Crippen molar-refractivity contribution in [1.82, 2.24) is 14.7 Å². The van der Waals surface area contributed by atoms with Gasteiger partial charge in [0.05, 0.1) is 6.54 Å². The molecule has 1 aromatic carbocycles. The molecule has 0 saturated carbocycles. The van der Waals surface area contributed by atoms with Crippen LogP contribution in [-0.4, -0.2) is 81.2 Å². The highest BCUT2D eigenvalue weighted by Gasteiger charge is 2.31. The second-order valence-electron chi connectivity index (χ2n) is 7.32. The van der Waals surface area contributed by atoms with Crippen molar-refractivity contribution in [2.45, 2.75) is 18.7 Å². The molecule has 2 aliphatic rings. The van der Waals surface area contributed by atoms with Crippen molar-refractivity contribution in [1.29, 1.82) is 0 Å². The van der Waals surface area contributed by atoms with E-state index in [4.69, 9.17) is 0 Å². The summed E-state index contributed by atoms with van der Waals surface area (Å²) in [5.74, 6) is 0.958. The minimum atomic E-state index is -3.66. The molecule has 0 aliphatic carbocycles. The molecular formula is C18H26N4O3S. The maximum absolute atomic E-state index is 12.6. The van der Waals surface area contributed by atoms with Crippen molar-refractivity contribution in [3.8, 4) is 0 Å². The van der Waals surface area contributed by atoms with Gasteiger partial charge in [0, 0.05) is 45.3 Å².